The van der Waals surface area contributed by atoms with Crippen LogP contribution >= 0.6 is 0 Å². The number of carbonyl (C=O) groups excluding carboxylic acids is 1. The highest BCUT2D eigenvalue weighted by Crippen LogP contribution is 2.35. The van der Waals surface area contributed by atoms with Gasteiger partial charge in [0.15, 0.2) is 0 Å². The number of carbonyl (C=O) groups is 1. The smallest absolute Gasteiger partial charge is 0.257 e. The molecule has 2 aromatic rings. The van der Waals surface area contributed by atoms with E-state index in [4.69, 9.17) is 4.74 Å². The SMILES string of the molecule is CC1(CCc2ccc(O)cc2)Nc2ccccc2C(=O)N1CC1CCCO1. The molecular weight excluding hydrogens is 340 g/mol. The van der Waals surface area contributed by atoms with Crippen LogP contribution in [0.3, 0.4) is 0 Å². The zero-order chi connectivity index (χ0) is 18.9. The number of aryl methyl sites for hydroxylation is 1. The predicted octanol–water partition coefficient (Wildman–Crippen LogP) is 3.79. The van der Waals surface area contributed by atoms with Crippen molar-refractivity contribution in [3.63, 3.8) is 0 Å². The fourth-order valence-electron chi connectivity index (χ4n) is 4.03. The summed E-state index contributed by atoms with van der Waals surface area (Å²) >= 11 is 0. The monoisotopic (exact) mass is 366 g/mol. The van der Waals surface area contributed by atoms with Gasteiger partial charge in [-0.05, 0) is 62.4 Å². The van der Waals surface area contributed by atoms with Crippen LogP contribution in [0.25, 0.3) is 0 Å². The Bertz CT molecular complexity index is 815. The Kier molecular flexibility index (Phi) is 4.79. The molecule has 0 aliphatic carbocycles. The Morgan fingerprint density at radius 1 is 1.22 bits per heavy atom. The summed E-state index contributed by atoms with van der Waals surface area (Å²) in [6.07, 6.45) is 3.74. The average Bonchev–Trinajstić information content (AvgIpc) is 3.18. The van der Waals surface area contributed by atoms with E-state index in [1.54, 1.807) is 12.1 Å². The van der Waals surface area contributed by atoms with Crippen molar-refractivity contribution in [2.45, 2.75) is 44.4 Å². The lowest BCUT2D eigenvalue weighted by Gasteiger charge is -2.47. The number of nitrogens with zero attached hydrogens (tertiary/aromatic N) is 1. The van der Waals surface area contributed by atoms with Crippen LogP contribution in [0.5, 0.6) is 5.75 Å². The second-order valence-electron chi connectivity index (χ2n) is 7.66. The van der Waals surface area contributed by atoms with E-state index in [1.807, 2.05) is 41.3 Å². The summed E-state index contributed by atoms with van der Waals surface area (Å²) in [5.41, 5.74) is 2.26. The summed E-state index contributed by atoms with van der Waals surface area (Å²) < 4.78 is 5.81. The zero-order valence-electron chi connectivity index (χ0n) is 15.6. The van der Waals surface area contributed by atoms with Crippen molar-refractivity contribution in [2.24, 2.45) is 0 Å². The van der Waals surface area contributed by atoms with Crippen molar-refractivity contribution in [1.29, 1.82) is 0 Å². The number of aromatic hydroxyl groups is 1. The summed E-state index contributed by atoms with van der Waals surface area (Å²) in [5.74, 6) is 0.331. The number of phenols is 1. The Balaban J connectivity index is 1.59. The number of anilines is 1. The Labute approximate surface area is 160 Å². The van der Waals surface area contributed by atoms with Crippen LogP contribution in [-0.4, -0.2) is 40.8 Å². The van der Waals surface area contributed by atoms with Crippen LogP contribution in [-0.2, 0) is 11.2 Å². The third-order valence-corrected chi connectivity index (χ3v) is 5.65. The highest BCUT2D eigenvalue weighted by atomic mass is 16.5. The molecule has 1 saturated heterocycles. The molecule has 0 radical (unpaired) electrons. The first kappa shape index (κ1) is 17.9. The van der Waals surface area contributed by atoms with Gasteiger partial charge in [-0.15, -0.1) is 0 Å². The van der Waals surface area contributed by atoms with E-state index in [0.29, 0.717) is 6.54 Å². The van der Waals surface area contributed by atoms with Gasteiger partial charge in [0, 0.05) is 18.8 Å². The van der Waals surface area contributed by atoms with E-state index < -0.39 is 5.66 Å². The van der Waals surface area contributed by atoms with Gasteiger partial charge in [0.25, 0.3) is 5.91 Å². The van der Waals surface area contributed by atoms with Crippen molar-refractivity contribution in [2.75, 3.05) is 18.5 Å². The molecule has 2 aliphatic rings. The summed E-state index contributed by atoms with van der Waals surface area (Å²) in [4.78, 5) is 15.2. The van der Waals surface area contributed by atoms with Crippen LogP contribution in [0.2, 0.25) is 0 Å². The quantitative estimate of drug-likeness (QED) is 0.845. The van der Waals surface area contributed by atoms with Crippen LogP contribution in [0, 0.1) is 0 Å². The number of hydrogen-bond donors (Lipinski definition) is 2. The number of benzene rings is 2. The van der Waals surface area contributed by atoms with Gasteiger partial charge in [0.05, 0.1) is 11.7 Å². The highest BCUT2D eigenvalue weighted by molar-refractivity contribution is 6.02. The molecule has 0 bridgehead atoms. The van der Waals surface area contributed by atoms with E-state index in [1.165, 1.54) is 0 Å². The molecule has 4 rings (SSSR count). The minimum absolute atomic E-state index is 0.0630. The normalized spacial score (nSPS) is 24.6. The molecule has 142 valence electrons. The molecule has 2 atom stereocenters. The zero-order valence-corrected chi connectivity index (χ0v) is 15.6. The third-order valence-electron chi connectivity index (χ3n) is 5.65. The van der Waals surface area contributed by atoms with Gasteiger partial charge in [0.1, 0.15) is 11.4 Å². The van der Waals surface area contributed by atoms with Gasteiger partial charge >= 0.3 is 0 Å². The van der Waals surface area contributed by atoms with Gasteiger partial charge in [-0.1, -0.05) is 24.3 Å². The topological polar surface area (TPSA) is 61.8 Å². The number of para-hydroxylation sites is 1. The summed E-state index contributed by atoms with van der Waals surface area (Å²) in [7, 11) is 0. The standard InChI is InChI=1S/C22H26N2O3/c1-22(13-12-16-8-10-17(25)11-9-16)23-20-7-3-2-6-19(20)21(26)24(22)15-18-5-4-14-27-18/h2-3,6-11,18,23,25H,4-5,12-15H2,1H3. The molecule has 27 heavy (non-hydrogen) atoms. The van der Waals surface area contributed by atoms with Crippen molar-refractivity contribution in [3.05, 3.63) is 59.7 Å². The average molecular weight is 366 g/mol. The maximum atomic E-state index is 13.3. The van der Waals surface area contributed by atoms with Crippen LogP contribution in [0.4, 0.5) is 5.69 Å². The van der Waals surface area contributed by atoms with Gasteiger partial charge in [-0.25, -0.2) is 0 Å². The fourth-order valence-corrected chi connectivity index (χ4v) is 4.03. The van der Waals surface area contributed by atoms with Crippen molar-refractivity contribution >= 4 is 11.6 Å². The van der Waals surface area contributed by atoms with Crippen LogP contribution in [0.15, 0.2) is 48.5 Å². The van der Waals surface area contributed by atoms with E-state index in [0.717, 1.165) is 49.1 Å². The highest BCUT2D eigenvalue weighted by Gasteiger charge is 2.42. The molecule has 0 aromatic heterocycles. The van der Waals surface area contributed by atoms with Gasteiger partial charge in [0.2, 0.25) is 0 Å². The molecule has 0 saturated carbocycles. The number of amides is 1. The molecule has 2 N–H and O–H groups in total. The molecule has 0 spiro atoms. The van der Waals surface area contributed by atoms with E-state index in [2.05, 4.69) is 12.2 Å². The maximum Gasteiger partial charge on any atom is 0.257 e. The number of ether oxygens (including phenoxy) is 1. The second-order valence-corrected chi connectivity index (χ2v) is 7.66. The fraction of sp³-hybridized carbons (Fsp3) is 0.409. The molecule has 2 unspecified atom stereocenters. The Morgan fingerprint density at radius 2 is 2.00 bits per heavy atom. The lowest BCUT2D eigenvalue weighted by Crippen LogP contribution is -2.60. The first-order valence-corrected chi connectivity index (χ1v) is 9.64. The largest absolute Gasteiger partial charge is 0.508 e. The van der Waals surface area contributed by atoms with Gasteiger partial charge in [-0.3, -0.25) is 4.79 Å². The molecule has 1 amide bonds. The first-order chi connectivity index (χ1) is 13.0. The molecular formula is C22H26N2O3. The van der Waals surface area contributed by atoms with Crippen molar-refractivity contribution in [3.8, 4) is 5.75 Å². The minimum atomic E-state index is -0.491. The lowest BCUT2D eigenvalue weighted by atomic mass is 9.93. The molecule has 5 nitrogen and oxygen atoms in total. The van der Waals surface area contributed by atoms with E-state index in [9.17, 15) is 9.90 Å². The summed E-state index contributed by atoms with van der Waals surface area (Å²) in [5, 5.41) is 13.1. The minimum Gasteiger partial charge on any atom is -0.508 e. The molecule has 1 fully saturated rings. The van der Waals surface area contributed by atoms with E-state index >= 15 is 0 Å². The van der Waals surface area contributed by atoms with Crippen LogP contribution < -0.4 is 5.32 Å². The Hall–Kier alpha value is -2.53. The number of fused-ring (bicyclic) bond motifs is 1. The lowest BCUT2D eigenvalue weighted by molar-refractivity contribution is 0.0233. The van der Waals surface area contributed by atoms with E-state index in [-0.39, 0.29) is 17.8 Å². The number of nitrogens with one attached hydrogen (secondary N) is 1. The third kappa shape index (κ3) is 3.65. The Morgan fingerprint density at radius 3 is 2.74 bits per heavy atom. The van der Waals surface area contributed by atoms with Crippen LogP contribution in [0.1, 0.15) is 42.1 Å². The summed E-state index contributed by atoms with van der Waals surface area (Å²) in [6.45, 7) is 3.48. The maximum absolute atomic E-state index is 13.3. The number of hydrogen-bond acceptors (Lipinski definition) is 4. The molecule has 2 aliphatic heterocycles. The molecule has 2 aromatic carbocycles. The second kappa shape index (κ2) is 7.24. The van der Waals surface area contributed by atoms with Gasteiger partial charge in [-0.2, -0.15) is 0 Å². The van der Waals surface area contributed by atoms with Gasteiger partial charge < -0.3 is 20.1 Å². The summed E-state index contributed by atoms with van der Waals surface area (Å²) in [6, 6.07) is 15.0. The predicted molar refractivity (Wildman–Crippen MR) is 105 cm³/mol. The number of rotatable bonds is 5. The molecule has 5 heteroatoms. The van der Waals surface area contributed by atoms with Crippen molar-refractivity contribution < 1.29 is 14.6 Å². The molecule has 2 heterocycles. The number of phenolic OH excluding ortho intramolecular Hbond substituents is 1. The van der Waals surface area contributed by atoms with Crippen molar-refractivity contribution in [1.82, 2.24) is 4.90 Å². The first-order valence-electron chi connectivity index (χ1n) is 9.64.